The normalized spacial score (nSPS) is 12.3. The number of rotatable bonds is 2. The van der Waals surface area contributed by atoms with Crippen molar-refractivity contribution in [3.63, 3.8) is 0 Å². The van der Waals surface area contributed by atoms with Gasteiger partial charge in [0, 0.05) is 14.6 Å². The number of hydrogen-bond donors (Lipinski definition) is 3. The molecule has 4 N–H and O–H groups in total. The van der Waals surface area contributed by atoms with Crippen molar-refractivity contribution in [3.8, 4) is 0 Å². The van der Waals surface area contributed by atoms with Crippen molar-refractivity contribution >= 4 is 42.5 Å². The molecule has 124 valence electrons. The number of furan rings is 1. The fourth-order valence-electron chi connectivity index (χ4n) is 1.79. The van der Waals surface area contributed by atoms with Gasteiger partial charge in [-0.15, -0.1) is 0 Å². The Morgan fingerprint density at radius 2 is 1.13 bits per heavy atom. The van der Waals surface area contributed by atoms with Crippen LogP contribution in [0.5, 0.6) is 0 Å². The molecule has 0 radical (unpaired) electrons. The van der Waals surface area contributed by atoms with Crippen LogP contribution in [0.25, 0.3) is 21.9 Å². The highest BCUT2D eigenvalue weighted by Gasteiger charge is 2.26. The fourth-order valence-corrected chi connectivity index (χ4v) is 2.75. The molecule has 0 fully saturated rings. The molecule has 0 aliphatic carbocycles. The Labute approximate surface area is 131 Å². The summed E-state index contributed by atoms with van der Waals surface area (Å²) in [4.78, 5) is 0. The van der Waals surface area contributed by atoms with Gasteiger partial charge in [-0.05, 0) is 12.1 Å². The van der Waals surface area contributed by atoms with Crippen molar-refractivity contribution in [2.45, 2.75) is 0 Å². The Morgan fingerprint density at radius 1 is 0.783 bits per heavy atom. The van der Waals surface area contributed by atoms with Crippen molar-refractivity contribution in [2.75, 3.05) is 0 Å². The highest BCUT2D eigenvalue weighted by atomic mass is 32.3. The molecule has 23 heavy (non-hydrogen) atoms. The maximum atomic E-state index is 9.80. The zero-order valence-electron chi connectivity index (χ0n) is 11.4. The summed E-state index contributed by atoms with van der Waals surface area (Å²) in [6, 6.07) is 16.2. The summed E-state index contributed by atoms with van der Waals surface area (Å²) in [7, 11) is -10.2. The van der Waals surface area contributed by atoms with Gasteiger partial charge < -0.3 is 4.42 Å². The van der Waals surface area contributed by atoms with E-state index in [1.54, 1.807) is 0 Å². The number of benzene rings is 2. The Bertz CT molecular complexity index is 959. The number of hydrazine groups is 1. The van der Waals surface area contributed by atoms with E-state index in [4.69, 9.17) is 13.5 Å². The van der Waals surface area contributed by atoms with Crippen LogP contribution >= 0.6 is 0 Å². The monoisotopic (exact) mass is 360 g/mol. The number of hydrogen-bond acceptors (Lipinski definition) is 6. The third-order valence-corrected chi connectivity index (χ3v) is 4.78. The summed E-state index contributed by atoms with van der Waals surface area (Å²) >= 11 is 0. The molecular formula is C12H12N2O7S2. The molecule has 0 atom stereocenters. The maximum Gasteiger partial charge on any atom is 0.364 e. The van der Waals surface area contributed by atoms with Gasteiger partial charge in [-0.2, -0.15) is 16.8 Å². The standard InChI is InChI=1S/C12H8O.H4N2O6S2/c1-3-7-11-9(5-1)10-6-2-4-8-12(10)13-11;1-2(9(3,4)5)10(6,7)8/h1-8H;1H2,(H,3,4,5)(H,6,7,8). The van der Waals surface area contributed by atoms with Gasteiger partial charge in [-0.1, -0.05) is 36.4 Å². The van der Waals surface area contributed by atoms with E-state index in [1.807, 2.05) is 36.4 Å². The van der Waals surface area contributed by atoms with Crippen LogP contribution in [0, 0.1) is 0 Å². The van der Waals surface area contributed by atoms with Crippen LogP contribution in [-0.2, 0) is 20.6 Å². The SMILES string of the molecule is NN(S(=O)(=O)O)S(=O)(=O)O.c1ccc2c(c1)oc1ccccc12. The van der Waals surface area contributed by atoms with Gasteiger partial charge in [0.25, 0.3) is 0 Å². The molecule has 0 aliphatic rings. The minimum atomic E-state index is -5.09. The lowest BCUT2D eigenvalue weighted by molar-refractivity contribution is 0.388. The van der Waals surface area contributed by atoms with Gasteiger partial charge in [0.15, 0.2) is 0 Å². The van der Waals surface area contributed by atoms with E-state index in [9.17, 15) is 16.8 Å². The second kappa shape index (κ2) is 6.23. The summed E-state index contributed by atoms with van der Waals surface area (Å²) < 4.78 is 59.5. The fraction of sp³-hybridized carbons (Fsp3) is 0. The quantitative estimate of drug-likeness (QED) is 0.352. The zero-order valence-corrected chi connectivity index (χ0v) is 13.0. The minimum Gasteiger partial charge on any atom is -0.456 e. The molecule has 0 bridgehead atoms. The lowest BCUT2D eigenvalue weighted by Crippen LogP contribution is -2.41. The summed E-state index contributed by atoms with van der Waals surface area (Å²) in [6.45, 7) is 0. The van der Waals surface area contributed by atoms with Gasteiger partial charge in [0.1, 0.15) is 11.2 Å². The zero-order chi connectivity index (χ0) is 17.3. The van der Waals surface area contributed by atoms with Gasteiger partial charge in [0.2, 0.25) is 0 Å². The van der Waals surface area contributed by atoms with Crippen molar-refractivity contribution in [1.82, 2.24) is 3.82 Å². The van der Waals surface area contributed by atoms with Gasteiger partial charge >= 0.3 is 20.6 Å². The second-order valence-corrected chi connectivity index (χ2v) is 7.08. The largest absolute Gasteiger partial charge is 0.456 e. The predicted molar refractivity (Wildman–Crippen MR) is 82.8 cm³/mol. The number of fused-ring (bicyclic) bond motifs is 3. The lowest BCUT2D eigenvalue weighted by Gasteiger charge is -2.05. The molecule has 1 heterocycles. The Hall–Kier alpha value is -2.02. The van der Waals surface area contributed by atoms with E-state index in [1.165, 1.54) is 10.8 Å². The summed E-state index contributed by atoms with van der Waals surface area (Å²) in [5.74, 6) is 4.19. The van der Waals surface area contributed by atoms with Gasteiger partial charge in [-0.3, -0.25) is 9.11 Å². The predicted octanol–water partition coefficient (Wildman–Crippen LogP) is 1.35. The minimum absolute atomic E-state index is 0.962. The molecule has 3 aromatic rings. The molecule has 9 nitrogen and oxygen atoms in total. The van der Waals surface area contributed by atoms with Gasteiger partial charge in [-0.25, -0.2) is 5.84 Å². The average molecular weight is 360 g/mol. The Balaban J connectivity index is 0.000000175. The lowest BCUT2D eigenvalue weighted by atomic mass is 10.2. The molecule has 0 saturated carbocycles. The van der Waals surface area contributed by atoms with Crippen LogP contribution in [0.4, 0.5) is 0 Å². The van der Waals surface area contributed by atoms with Crippen molar-refractivity contribution in [2.24, 2.45) is 5.84 Å². The topological polar surface area (TPSA) is 151 Å². The van der Waals surface area contributed by atoms with Crippen molar-refractivity contribution < 1.29 is 30.4 Å². The first-order valence-corrected chi connectivity index (χ1v) is 8.76. The molecular weight excluding hydrogens is 348 g/mol. The van der Waals surface area contributed by atoms with E-state index in [2.05, 4.69) is 18.0 Å². The molecule has 0 unspecified atom stereocenters. The third kappa shape index (κ3) is 4.04. The molecule has 3 rings (SSSR count). The molecule has 0 aliphatic heterocycles. The third-order valence-electron chi connectivity index (χ3n) is 2.74. The summed E-state index contributed by atoms with van der Waals surface area (Å²) in [5, 5.41) is 2.39. The Kier molecular flexibility index (Phi) is 4.70. The van der Waals surface area contributed by atoms with E-state index in [-0.39, 0.29) is 0 Å². The molecule has 1 aromatic heterocycles. The van der Waals surface area contributed by atoms with Crippen molar-refractivity contribution in [3.05, 3.63) is 48.5 Å². The van der Waals surface area contributed by atoms with Gasteiger partial charge in [0.05, 0.1) is 0 Å². The Morgan fingerprint density at radius 3 is 1.43 bits per heavy atom. The summed E-state index contributed by atoms with van der Waals surface area (Å²) in [6.07, 6.45) is 0. The number of nitrogens with two attached hydrogens (primary N) is 1. The van der Waals surface area contributed by atoms with E-state index >= 15 is 0 Å². The smallest absolute Gasteiger partial charge is 0.364 e. The summed E-state index contributed by atoms with van der Waals surface area (Å²) in [5.41, 5.74) is 1.92. The van der Waals surface area contributed by atoms with Crippen LogP contribution in [0.2, 0.25) is 0 Å². The van der Waals surface area contributed by atoms with Crippen LogP contribution < -0.4 is 5.84 Å². The molecule has 2 aromatic carbocycles. The average Bonchev–Trinajstić information content (AvgIpc) is 2.84. The highest BCUT2D eigenvalue weighted by molar-refractivity contribution is 7.98. The number of para-hydroxylation sites is 2. The van der Waals surface area contributed by atoms with E-state index < -0.39 is 24.4 Å². The first kappa shape index (κ1) is 17.3. The van der Waals surface area contributed by atoms with E-state index in [0.29, 0.717) is 0 Å². The molecule has 0 spiro atoms. The van der Waals surface area contributed by atoms with Crippen LogP contribution in [0.1, 0.15) is 0 Å². The number of nitrogens with zero attached hydrogens (tertiary/aromatic N) is 1. The van der Waals surface area contributed by atoms with Crippen LogP contribution in [-0.4, -0.2) is 29.8 Å². The van der Waals surface area contributed by atoms with Crippen LogP contribution in [0.15, 0.2) is 52.9 Å². The van der Waals surface area contributed by atoms with E-state index in [0.717, 1.165) is 11.2 Å². The van der Waals surface area contributed by atoms with Crippen molar-refractivity contribution in [1.29, 1.82) is 0 Å². The highest BCUT2D eigenvalue weighted by Crippen LogP contribution is 2.27. The molecule has 11 heteroatoms. The first-order chi connectivity index (χ1) is 10.6. The second-order valence-electron chi connectivity index (χ2n) is 4.28. The maximum absolute atomic E-state index is 9.80. The first-order valence-electron chi connectivity index (χ1n) is 5.97. The molecule has 0 amide bonds. The molecule has 0 saturated heterocycles. The van der Waals surface area contributed by atoms with Crippen LogP contribution in [0.3, 0.4) is 0 Å².